The average Bonchev–Trinajstić information content (AvgIpc) is 3.24. The number of hydrogen-bond donors (Lipinski definition) is 0. The van der Waals surface area contributed by atoms with Gasteiger partial charge in [0.25, 0.3) is 5.56 Å². The normalized spacial score (nSPS) is 14.7. The summed E-state index contributed by atoms with van der Waals surface area (Å²) in [5, 5.41) is 0.742. The van der Waals surface area contributed by atoms with Gasteiger partial charge in [-0.15, -0.1) is 0 Å². The molecule has 1 aliphatic heterocycles. The number of piperazine rings is 1. The van der Waals surface area contributed by atoms with E-state index >= 15 is 0 Å². The molecule has 0 N–H and O–H groups in total. The van der Waals surface area contributed by atoms with Crippen molar-refractivity contribution >= 4 is 28.7 Å². The van der Waals surface area contributed by atoms with Crippen molar-refractivity contribution in [1.82, 2.24) is 23.6 Å². The van der Waals surface area contributed by atoms with E-state index in [4.69, 9.17) is 16.6 Å². The number of imidazole rings is 1. The highest BCUT2D eigenvalue weighted by Crippen LogP contribution is 2.23. The maximum Gasteiger partial charge on any atom is 0.332 e. The molecule has 0 aliphatic carbocycles. The fraction of sp³-hybridized carbons (Fsp3) is 0.346. The first-order valence-corrected chi connectivity index (χ1v) is 12.1. The third-order valence-electron chi connectivity index (χ3n) is 6.76. The van der Waals surface area contributed by atoms with Gasteiger partial charge in [0.05, 0.1) is 6.54 Å². The van der Waals surface area contributed by atoms with Crippen LogP contribution >= 0.6 is 11.6 Å². The predicted molar refractivity (Wildman–Crippen MR) is 139 cm³/mol. The Morgan fingerprint density at radius 3 is 2.09 bits per heavy atom. The maximum atomic E-state index is 13.2. The Hall–Kier alpha value is -3.36. The Kier molecular flexibility index (Phi) is 6.25. The van der Waals surface area contributed by atoms with Crippen molar-refractivity contribution in [1.29, 1.82) is 0 Å². The molecular formula is C26H29ClN6O2. The largest absolute Gasteiger partial charge is 0.340 e. The fourth-order valence-electron chi connectivity index (χ4n) is 4.66. The standard InChI is InChI=1S/C26H29ClN6O2/c1-18-4-6-20(7-5-18)17-33-22-23(29(2)26(35)30(3)24(22)34)28-25(33)32-14-12-31(13-15-32)16-19-8-10-21(27)11-9-19/h4-11H,12-17H2,1-3H3. The molecule has 35 heavy (non-hydrogen) atoms. The topological polar surface area (TPSA) is 68.3 Å². The minimum Gasteiger partial charge on any atom is -0.340 e. The number of anilines is 1. The summed E-state index contributed by atoms with van der Waals surface area (Å²) in [6.45, 7) is 6.71. The van der Waals surface area contributed by atoms with Crippen LogP contribution in [0.15, 0.2) is 58.1 Å². The van der Waals surface area contributed by atoms with E-state index in [0.717, 1.165) is 53.8 Å². The second kappa shape index (κ2) is 9.36. The highest BCUT2D eigenvalue weighted by molar-refractivity contribution is 6.30. The number of fused-ring (bicyclic) bond motifs is 1. The molecule has 1 aliphatic rings. The number of aromatic nitrogens is 4. The van der Waals surface area contributed by atoms with Gasteiger partial charge < -0.3 is 4.90 Å². The number of nitrogens with zero attached hydrogens (tertiary/aromatic N) is 6. The number of hydrogen-bond acceptors (Lipinski definition) is 5. The van der Waals surface area contributed by atoms with E-state index in [9.17, 15) is 9.59 Å². The van der Waals surface area contributed by atoms with Gasteiger partial charge >= 0.3 is 5.69 Å². The SMILES string of the molecule is Cc1ccc(Cn2c(N3CCN(Cc4ccc(Cl)cc4)CC3)nc3c2c(=O)n(C)c(=O)n3C)cc1. The lowest BCUT2D eigenvalue weighted by atomic mass is 10.1. The van der Waals surface area contributed by atoms with E-state index in [1.54, 1.807) is 7.05 Å². The van der Waals surface area contributed by atoms with Crippen LogP contribution in [0.25, 0.3) is 11.2 Å². The molecule has 0 amide bonds. The zero-order valence-electron chi connectivity index (χ0n) is 20.2. The van der Waals surface area contributed by atoms with Crippen LogP contribution in [0, 0.1) is 6.92 Å². The molecule has 0 saturated carbocycles. The van der Waals surface area contributed by atoms with Gasteiger partial charge in [0.1, 0.15) is 0 Å². The molecule has 8 nitrogen and oxygen atoms in total. The van der Waals surface area contributed by atoms with Crippen LogP contribution in [0.5, 0.6) is 0 Å². The number of rotatable bonds is 5. The quantitative estimate of drug-likeness (QED) is 0.428. The third-order valence-corrected chi connectivity index (χ3v) is 7.02. The molecule has 0 radical (unpaired) electrons. The van der Waals surface area contributed by atoms with Crippen LogP contribution < -0.4 is 16.1 Å². The lowest BCUT2D eigenvalue weighted by Crippen LogP contribution is -2.47. The molecule has 1 fully saturated rings. The first-order valence-electron chi connectivity index (χ1n) is 11.8. The van der Waals surface area contributed by atoms with E-state index in [1.165, 1.54) is 22.7 Å². The Balaban J connectivity index is 1.48. The molecule has 182 valence electrons. The van der Waals surface area contributed by atoms with E-state index in [1.807, 2.05) is 16.7 Å². The monoisotopic (exact) mass is 492 g/mol. The summed E-state index contributed by atoms with van der Waals surface area (Å²) in [7, 11) is 3.18. The molecule has 0 bridgehead atoms. The lowest BCUT2D eigenvalue weighted by molar-refractivity contribution is 0.248. The van der Waals surface area contributed by atoms with E-state index < -0.39 is 0 Å². The van der Waals surface area contributed by atoms with Crippen LogP contribution in [-0.4, -0.2) is 49.8 Å². The van der Waals surface area contributed by atoms with Gasteiger partial charge in [-0.05, 0) is 30.2 Å². The summed E-state index contributed by atoms with van der Waals surface area (Å²) in [5.74, 6) is 0.727. The summed E-state index contributed by atoms with van der Waals surface area (Å²) in [5.41, 5.74) is 3.66. The molecule has 2 aromatic carbocycles. The predicted octanol–water partition coefficient (Wildman–Crippen LogP) is 2.77. The molecule has 2 aromatic heterocycles. The molecule has 9 heteroatoms. The molecule has 0 spiro atoms. The average molecular weight is 493 g/mol. The Morgan fingerprint density at radius 2 is 1.43 bits per heavy atom. The van der Waals surface area contributed by atoms with Gasteiger partial charge in [0.15, 0.2) is 11.2 Å². The first kappa shape index (κ1) is 23.4. The second-order valence-corrected chi connectivity index (χ2v) is 9.69. The van der Waals surface area contributed by atoms with E-state index in [2.05, 4.69) is 53.1 Å². The number of halogens is 1. The van der Waals surface area contributed by atoms with Crippen LogP contribution in [0.4, 0.5) is 5.95 Å². The maximum absolute atomic E-state index is 13.2. The van der Waals surface area contributed by atoms with Crippen LogP contribution in [-0.2, 0) is 27.2 Å². The zero-order valence-corrected chi connectivity index (χ0v) is 21.0. The fourth-order valence-corrected chi connectivity index (χ4v) is 4.78. The first-order chi connectivity index (χ1) is 16.8. The molecular weight excluding hydrogens is 464 g/mol. The number of aryl methyl sites for hydroxylation is 2. The van der Waals surface area contributed by atoms with Gasteiger partial charge in [-0.3, -0.25) is 23.4 Å². The van der Waals surface area contributed by atoms with Gasteiger partial charge in [0.2, 0.25) is 5.95 Å². The number of benzene rings is 2. The van der Waals surface area contributed by atoms with Gasteiger partial charge in [-0.1, -0.05) is 53.6 Å². The molecule has 3 heterocycles. The van der Waals surface area contributed by atoms with Crippen molar-refractivity contribution in [2.75, 3.05) is 31.1 Å². The van der Waals surface area contributed by atoms with Crippen molar-refractivity contribution in [2.24, 2.45) is 14.1 Å². The van der Waals surface area contributed by atoms with Crippen molar-refractivity contribution in [3.8, 4) is 0 Å². The minimum atomic E-state index is -0.373. The third kappa shape index (κ3) is 4.51. The minimum absolute atomic E-state index is 0.324. The molecule has 4 aromatic rings. The van der Waals surface area contributed by atoms with Gasteiger partial charge in [0, 0.05) is 51.8 Å². The molecule has 1 saturated heterocycles. The molecule has 0 unspecified atom stereocenters. The Labute approximate surface area is 208 Å². The van der Waals surface area contributed by atoms with E-state index in [-0.39, 0.29) is 11.2 Å². The summed E-state index contributed by atoms with van der Waals surface area (Å²) in [6.07, 6.45) is 0. The highest BCUT2D eigenvalue weighted by Gasteiger charge is 2.25. The van der Waals surface area contributed by atoms with Gasteiger partial charge in [-0.2, -0.15) is 4.98 Å². The van der Waals surface area contributed by atoms with Crippen molar-refractivity contribution in [3.63, 3.8) is 0 Å². The van der Waals surface area contributed by atoms with Crippen molar-refractivity contribution in [3.05, 3.63) is 91.1 Å². The summed E-state index contributed by atoms with van der Waals surface area (Å²) >= 11 is 6.02. The van der Waals surface area contributed by atoms with Crippen LogP contribution in [0.1, 0.15) is 16.7 Å². The summed E-state index contributed by atoms with van der Waals surface area (Å²) in [4.78, 5) is 35.2. The van der Waals surface area contributed by atoms with Crippen molar-refractivity contribution < 1.29 is 0 Å². The van der Waals surface area contributed by atoms with Gasteiger partial charge in [-0.25, -0.2) is 4.79 Å². The van der Waals surface area contributed by atoms with Crippen molar-refractivity contribution in [2.45, 2.75) is 20.0 Å². The van der Waals surface area contributed by atoms with Crippen LogP contribution in [0.2, 0.25) is 5.02 Å². The summed E-state index contributed by atoms with van der Waals surface area (Å²) in [6, 6.07) is 16.2. The second-order valence-electron chi connectivity index (χ2n) is 9.25. The lowest BCUT2D eigenvalue weighted by Gasteiger charge is -2.35. The van der Waals surface area contributed by atoms with E-state index in [0.29, 0.717) is 17.7 Å². The summed E-state index contributed by atoms with van der Waals surface area (Å²) < 4.78 is 4.59. The molecule has 5 rings (SSSR count). The molecule has 0 atom stereocenters. The highest BCUT2D eigenvalue weighted by atomic mass is 35.5. The Morgan fingerprint density at radius 1 is 0.829 bits per heavy atom. The van der Waals surface area contributed by atoms with Crippen LogP contribution in [0.3, 0.4) is 0 Å². The Bertz CT molecular complexity index is 1480. The zero-order chi connectivity index (χ0) is 24.7. The smallest absolute Gasteiger partial charge is 0.332 e.